The number of hydrogen-bond acceptors (Lipinski definition) is 7. The van der Waals surface area contributed by atoms with E-state index in [1.165, 1.54) is 0 Å². The first kappa shape index (κ1) is 27.7. The van der Waals surface area contributed by atoms with Crippen LogP contribution in [0.15, 0.2) is 55.2 Å². The fourth-order valence-electron chi connectivity index (χ4n) is 4.79. The van der Waals surface area contributed by atoms with Crippen molar-refractivity contribution in [1.82, 2.24) is 29.2 Å². The van der Waals surface area contributed by atoms with Crippen molar-refractivity contribution in [2.45, 2.75) is 44.9 Å². The van der Waals surface area contributed by atoms with Crippen LogP contribution in [0.5, 0.6) is 0 Å². The van der Waals surface area contributed by atoms with E-state index in [9.17, 15) is 10.1 Å². The summed E-state index contributed by atoms with van der Waals surface area (Å²) in [4.78, 5) is 23.9. The second kappa shape index (κ2) is 12.1. The molecule has 4 aromatic rings. The van der Waals surface area contributed by atoms with Crippen LogP contribution in [-0.2, 0) is 16.2 Å². The van der Waals surface area contributed by atoms with Crippen molar-refractivity contribution in [3.05, 3.63) is 66.4 Å². The second-order valence-corrected chi connectivity index (χ2v) is 16.8. The molecule has 0 bridgehead atoms. The Labute approximate surface area is 235 Å². The molecule has 1 aromatic carbocycles. The molecule has 1 amide bonds. The van der Waals surface area contributed by atoms with Crippen LogP contribution in [0.25, 0.3) is 22.3 Å². The molecule has 40 heavy (non-hydrogen) atoms. The Morgan fingerprint density at radius 2 is 2.02 bits per heavy atom. The maximum Gasteiger partial charge on any atom is 0.254 e. The number of nitriles is 1. The molecule has 1 saturated heterocycles. The molecule has 0 N–H and O–H groups in total. The number of hydrogen-bond donors (Lipinski definition) is 0. The number of fused-ring (bicyclic) bond motifs is 1. The minimum Gasteiger partial charge on any atom is -0.378 e. The smallest absolute Gasteiger partial charge is 0.254 e. The van der Waals surface area contributed by atoms with Gasteiger partial charge in [0.2, 0.25) is 0 Å². The zero-order chi connectivity index (χ0) is 28.1. The van der Waals surface area contributed by atoms with Gasteiger partial charge in [0.1, 0.15) is 18.7 Å². The van der Waals surface area contributed by atoms with E-state index in [1.54, 1.807) is 22.1 Å². The Balaban J connectivity index is 1.37. The van der Waals surface area contributed by atoms with Gasteiger partial charge in [-0.2, -0.15) is 10.4 Å². The van der Waals surface area contributed by atoms with Gasteiger partial charge in [0, 0.05) is 56.7 Å². The monoisotopic (exact) mass is 557 g/mol. The SMILES string of the molecule is C[Si](C)(C)CCOCn1ccc2c(-c3cnn(C(CC#N)c4cccc(C(=O)N5CCOCC5)c4)c3)ncnc21. The van der Waals surface area contributed by atoms with Crippen molar-refractivity contribution in [3.63, 3.8) is 0 Å². The molecule has 0 saturated carbocycles. The second-order valence-electron chi connectivity index (χ2n) is 11.2. The maximum absolute atomic E-state index is 13.1. The molecule has 4 heterocycles. The Morgan fingerprint density at radius 3 is 2.80 bits per heavy atom. The molecule has 0 radical (unpaired) electrons. The van der Waals surface area contributed by atoms with Crippen LogP contribution in [0.1, 0.15) is 28.4 Å². The highest BCUT2D eigenvalue weighted by molar-refractivity contribution is 6.76. The quantitative estimate of drug-likeness (QED) is 0.207. The lowest BCUT2D eigenvalue weighted by Gasteiger charge is -2.27. The van der Waals surface area contributed by atoms with E-state index in [0.717, 1.165) is 40.5 Å². The lowest BCUT2D eigenvalue weighted by atomic mass is 10.0. The van der Waals surface area contributed by atoms with Crippen LogP contribution in [0, 0.1) is 11.3 Å². The van der Waals surface area contributed by atoms with Gasteiger partial charge in [-0.15, -0.1) is 0 Å². The van der Waals surface area contributed by atoms with E-state index in [4.69, 9.17) is 9.47 Å². The molecule has 1 unspecified atom stereocenters. The van der Waals surface area contributed by atoms with E-state index in [-0.39, 0.29) is 18.4 Å². The predicted molar refractivity (Wildman–Crippen MR) is 154 cm³/mol. The number of morpholine rings is 1. The zero-order valence-electron chi connectivity index (χ0n) is 23.3. The Kier molecular flexibility index (Phi) is 8.39. The van der Waals surface area contributed by atoms with Crippen LogP contribution < -0.4 is 0 Å². The average Bonchev–Trinajstić information content (AvgIpc) is 3.61. The molecule has 1 atom stereocenters. The van der Waals surface area contributed by atoms with Gasteiger partial charge in [0.25, 0.3) is 5.91 Å². The van der Waals surface area contributed by atoms with Crippen LogP contribution >= 0.6 is 0 Å². The average molecular weight is 558 g/mol. The molecule has 0 spiro atoms. The maximum atomic E-state index is 13.1. The van der Waals surface area contributed by atoms with Crippen molar-refractivity contribution in [3.8, 4) is 17.3 Å². The predicted octanol–water partition coefficient (Wildman–Crippen LogP) is 4.58. The highest BCUT2D eigenvalue weighted by atomic mass is 28.3. The fraction of sp³-hybridized carbons (Fsp3) is 0.414. The van der Waals surface area contributed by atoms with Crippen molar-refractivity contribution in [1.29, 1.82) is 5.26 Å². The molecule has 1 aliphatic heterocycles. The van der Waals surface area contributed by atoms with Gasteiger partial charge < -0.3 is 18.9 Å². The molecule has 1 aliphatic rings. The third-order valence-corrected chi connectivity index (χ3v) is 8.78. The van der Waals surface area contributed by atoms with Crippen LogP contribution in [-0.4, -0.2) is 76.1 Å². The van der Waals surface area contributed by atoms with Crippen molar-refractivity contribution >= 4 is 25.0 Å². The van der Waals surface area contributed by atoms with Gasteiger partial charge in [-0.1, -0.05) is 31.8 Å². The molecule has 1 fully saturated rings. The van der Waals surface area contributed by atoms with E-state index in [0.29, 0.717) is 38.6 Å². The summed E-state index contributed by atoms with van der Waals surface area (Å²) in [6.45, 7) is 10.4. The Hall–Kier alpha value is -3.85. The molecular formula is C29H35N7O3Si. The largest absolute Gasteiger partial charge is 0.378 e. The molecule has 0 aliphatic carbocycles. The number of amides is 1. The summed E-state index contributed by atoms with van der Waals surface area (Å²) >= 11 is 0. The number of nitrogens with zero attached hydrogens (tertiary/aromatic N) is 7. The highest BCUT2D eigenvalue weighted by Gasteiger charge is 2.22. The normalized spacial score (nSPS) is 14.8. The van der Waals surface area contributed by atoms with E-state index < -0.39 is 8.07 Å². The summed E-state index contributed by atoms with van der Waals surface area (Å²) in [5.41, 5.74) is 3.84. The third kappa shape index (κ3) is 6.30. The Morgan fingerprint density at radius 1 is 1.20 bits per heavy atom. The lowest BCUT2D eigenvalue weighted by molar-refractivity contribution is 0.0303. The van der Waals surface area contributed by atoms with Gasteiger partial charge in [0.15, 0.2) is 0 Å². The highest BCUT2D eigenvalue weighted by Crippen LogP contribution is 2.29. The summed E-state index contributed by atoms with van der Waals surface area (Å²) in [5, 5.41) is 15.2. The van der Waals surface area contributed by atoms with Crippen molar-refractivity contribution in [2.75, 3.05) is 32.9 Å². The molecule has 3 aromatic heterocycles. The van der Waals surface area contributed by atoms with Gasteiger partial charge in [0.05, 0.1) is 43.6 Å². The van der Waals surface area contributed by atoms with E-state index >= 15 is 0 Å². The topological polar surface area (TPSA) is 111 Å². The third-order valence-electron chi connectivity index (χ3n) is 7.08. The number of benzene rings is 1. The van der Waals surface area contributed by atoms with E-state index in [2.05, 4.69) is 40.8 Å². The first-order chi connectivity index (χ1) is 19.3. The van der Waals surface area contributed by atoms with Gasteiger partial charge in [-0.25, -0.2) is 9.97 Å². The van der Waals surface area contributed by atoms with Crippen molar-refractivity contribution in [2.24, 2.45) is 0 Å². The fourth-order valence-corrected chi connectivity index (χ4v) is 5.55. The number of ether oxygens (including phenoxy) is 2. The zero-order valence-corrected chi connectivity index (χ0v) is 24.3. The van der Waals surface area contributed by atoms with Gasteiger partial charge >= 0.3 is 0 Å². The number of aromatic nitrogens is 5. The van der Waals surface area contributed by atoms with E-state index in [1.807, 2.05) is 47.3 Å². The summed E-state index contributed by atoms with van der Waals surface area (Å²) in [6, 6.07) is 12.5. The minimum absolute atomic E-state index is 0.0284. The summed E-state index contributed by atoms with van der Waals surface area (Å²) in [7, 11) is -1.15. The van der Waals surface area contributed by atoms with Crippen molar-refractivity contribution < 1.29 is 14.3 Å². The first-order valence-electron chi connectivity index (χ1n) is 13.6. The molecular weight excluding hydrogens is 522 g/mol. The molecule has 208 valence electrons. The van der Waals surface area contributed by atoms with Gasteiger partial charge in [-0.05, 0) is 29.8 Å². The summed E-state index contributed by atoms with van der Waals surface area (Å²) in [5.74, 6) is -0.0284. The molecule has 10 nitrogen and oxygen atoms in total. The van der Waals surface area contributed by atoms with Crippen LogP contribution in [0.4, 0.5) is 0 Å². The molecule has 11 heteroatoms. The molecule has 5 rings (SSSR count). The van der Waals surface area contributed by atoms with Gasteiger partial charge in [-0.3, -0.25) is 9.48 Å². The number of rotatable bonds is 10. The Bertz CT molecular complexity index is 1510. The number of carbonyl (C=O) groups is 1. The lowest BCUT2D eigenvalue weighted by Crippen LogP contribution is -2.40. The minimum atomic E-state index is -1.15. The summed E-state index contributed by atoms with van der Waals surface area (Å²) in [6.07, 6.45) is 7.40. The standard InChI is InChI=1S/C29H35N7O3Si/c1-40(2,3)16-15-39-21-35-10-8-25-27(31-20-32-28(25)35)24-18-33-36(19-24)26(7-9-30)22-5-4-6-23(17-22)29(37)34-11-13-38-14-12-34/h4-6,8,10,17-20,26H,7,11-16,21H2,1-3H3. The van der Waals surface area contributed by atoms with Crippen LogP contribution in [0.3, 0.4) is 0 Å². The van der Waals surface area contributed by atoms with Crippen LogP contribution in [0.2, 0.25) is 25.7 Å². The first-order valence-corrected chi connectivity index (χ1v) is 17.3. The number of carbonyl (C=O) groups excluding carboxylic acids is 1. The summed E-state index contributed by atoms with van der Waals surface area (Å²) < 4.78 is 15.1.